The molecular weight excluding hydrogens is 474 g/mol. The summed E-state index contributed by atoms with van der Waals surface area (Å²) in [5.41, 5.74) is 4.69. The molecule has 1 N–H and O–H groups in total. The van der Waals surface area contributed by atoms with Gasteiger partial charge >= 0.3 is 5.97 Å². The Morgan fingerprint density at radius 2 is 1.63 bits per heavy atom. The molecule has 1 aliphatic rings. The van der Waals surface area contributed by atoms with Crippen molar-refractivity contribution in [1.82, 2.24) is 0 Å². The Hall–Kier alpha value is -2.18. The zero-order chi connectivity index (χ0) is 19.4. The Balaban J connectivity index is 1.61. The summed E-state index contributed by atoms with van der Waals surface area (Å²) in [7, 11) is 0. The van der Waals surface area contributed by atoms with Crippen molar-refractivity contribution in [1.29, 1.82) is 0 Å². The smallest absolute Gasteiger partial charge is 0.336 e. The Labute approximate surface area is 174 Å². The number of hydrogen-bond donors (Lipinski definition) is 1. The van der Waals surface area contributed by atoms with Crippen molar-refractivity contribution < 1.29 is 14.3 Å². The number of cyclic esters (lactones) is 1. The Morgan fingerprint density at radius 3 is 2.26 bits per heavy atom. The fourth-order valence-electron chi connectivity index (χ4n) is 2.72. The number of rotatable bonds is 5. The summed E-state index contributed by atoms with van der Waals surface area (Å²) < 4.78 is 5.75. The quantitative estimate of drug-likeness (QED) is 0.589. The van der Waals surface area contributed by atoms with Gasteiger partial charge in [-0.1, -0.05) is 42.0 Å². The van der Waals surface area contributed by atoms with Gasteiger partial charge in [0.25, 0.3) is 0 Å². The van der Waals surface area contributed by atoms with Crippen molar-refractivity contribution >= 4 is 49.4 Å². The zero-order valence-electron chi connectivity index (χ0n) is 14.6. The molecule has 0 aromatic heterocycles. The van der Waals surface area contributed by atoms with Crippen LogP contribution in [0.1, 0.15) is 16.7 Å². The molecule has 0 unspecified atom stereocenters. The second-order valence-electron chi connectivity index (χ2n) is 6.26. The highest BCUT2D eigenvalue weighted by atomic mass is 79.9. The summed E-state index contributed by atoms with van der Waals surface area (Å²) in [6.07, 6.45) is 2.37. The van der Waals surface area contributed by atoms with E-state index in [1.807, 2.05) is 55.5 Å². The van der Waals surface area contributed by atoms with Crippen LogP contribution in [-0.4, -0.2) is 11.9 Å². The molecule has 27 heavy (non-hydrogen) atoms. The first kappa shape index (κ1) is 19.6. The number of carbonyl (C=O) groups is 2. The normalized spacial score (nSPS) is 13.2. The van der Waals surface area contributed by atoms with Gasteiger partial charge in [0, 0.05) is 23.8 Å². The van der Waals surface area contributed by atoms with Crippen LogP contribution >= 0.6 is 31.9 Å². The van der Waals surface area contributed by atoms with E-state index in [9.17, 15) is 9.59 Å². The van der Waals surface area contributed by atoms with Crippen molar-refractivity contribution in [3.63, 3.8) is 0 Å². The number of allylic oxidation sites excluding steroid dienone is 1. The molecule has 138 valence electrons. The molecule has 0 aliphatic carbocycles. The Kier molecular flexibility index (Phi) is 6.29. The lowest BCUT2D eigenvalue weighted by atomic mass is 10.0. The van der Waals surface area contributed by atoms with E-state index in [0.717, 1.165) is 22.4 Å². The lowest BCUT2D eigenvalue weighted by molar-refractivity contribution is -0.132. The summed E-state index contributed by atoms with van der Waals surface area (Å²) in [4.78, 5) is 23.7. The number of halogens is 2. The van der Waals surface area contributed by atoms with Gasteiger partial charge in [-0.25, -0.2) is 4.79 Å². The number of hydrogen-bond acceptors (Lipinski definition) is 3. The van der Waals surface area contributed by atoms with Crippen LogP contribution in [0, 0.1) is 6.92 Å². The summed E-state index contributed by atoms with van der Waals surface area (Å²) in [6.45, 7) is 2.02. The van der Waals surface area contributed by atoms with Crippen LogP contribution in [0.3, 0.4) is 0 Å². The number of anilines is 1. The predicted molar refractivity (Wildman–Crippen MR) is 113 cm³/mol. The average Bonchev–Trinajstić information content (AvgIpc) is 2.99. The maximum absolute atomic E-state index is 12.2. The van der Waals surface area contributed by atoms with Gasteiger partial charge in [0.15, 0.2) is 5.76 Å². The maximum Gasteiger partial charge on any atom is 0.336 e. The van der Waals surface area contributed by atoms with Crippen LogP contribution in [0.2, 0.25) is 0 Å². The summed E-state index contributed by atoms with van der Waals surface area (Å²) >= 11 is 6.57. The second-order valence-corrected chi connectivity index (χ2v) is 8.91. The van der Waals surface area contributed by atoms with E-state index in [1.165, 1.54) is 11.6 Å². The van der Waals surface area contributed by atoms with E-state index in [4.69, 9.17) is 4.74 Å². The minimum absolute atomic E-state index is 0.0578. The van der Waals surface area contributed by atoms with Crippen LogP contribution in [0.15, 0.2) is 69.3 Å². The molecule has 0 bridgehead atoms. The van der Waals surface area contributed by atoms with Crippen molar-refractivity contribution in [3.8, 4) is 0 Å². The molecule has 1 heterocycles. The third-order valence-corrected chi connectivity index (χ3v) is 4.80. The number of ether oxygens (including phenoxy) is 1. The van der Waals surface area contributed by atoms with E-state index < -0.39 is 0 Å². The average molecular weight is 491 g/mol. The monoisotopic (exact) mass is 489 g/mol. The molecular formula is C21H17Br2NO3. The zero-order valence-corrected chi connectivity index (χ0v) is 17.8. The van der Waals surface area contributed by atoms with Crippen molar-refractivity contribution in [3.05, 3.63) is 86.0 Å². The fraction of sp³-hybridized carbons (Fsp3) is 0.143. The third kappa shape index (κ3) is 5.40. The van der Waals surface area contributed by atoms with Gasteiger partial charge in [-0.15, -0.1) is 0 Å². The molecule has 1 amide bonds. The van der Waals surface area contributed by atoms with Crippen LogP contribution in [0.4, 0.5) is 5.69 Å². The topological polar surface area (TPSA) is 55.4 Å². The first-order valence-electron chi connectivity index (χ1n) is 8.33. The molecule has 0 saturated heterocycles. The highest BCUT2D eigenvalue weighted by molar-refractivity contribution is 9.28. The van der Waals surface area contributed by atoms with E-state index in [2.05, 4.69) is 37.2 Å². The predicted octanol–water partition coefficient (Wildman–Crippen LogP) is 5.16. The first-order valence-corrected chi connectivity index (χ1v) is 9.91. The van der Waals surface area contributed by atoms with E-state index in [1.54, 1.807) is 0 Å². The number of esters is 1. The van der Waals surface area contributed by atoms with Gasteiger partial charge in [0.2, 0.25) is 5.91 Å². The lowest BCUT2D eigenvalue weighted by Crippen LogP contribution is -2.14. The van der Waals surface area contributed by atoms with Gasteiger partial charge in [0.1, 0.15) is 3.39 Å². The van der Waals surface area contributed by atoms with Gasteiger partial charge in [0.05, 0.1) is 6.42 Å². The molecule has 0 saturated carbocycles. The van der Waals surface area contributed by atoms with Crippen LogP contribution in [0.5, 0.6) is 0 Å². The molecule has 6 heteroatoms. The maximum atomic E-state index is 12.2. The fourth-order valence-corrected chi connectivity index (χ4v) is 3.39. The van der Waals surface area contributed by atoms with E-state index >= 15 is 0 Å². The SMILES string of the molecule is Cc1ccc(CC(=O)Nc2ccc(CC3=CC(=O)OC3=C(Br)Br)cc2)cc1. The molecule has 4 nitrogen and oxygen atoms in total. The molecule has 3 rings (SSSR count). The van der Waals surface area contributed by atoms with Crippen LogP contribution in [0.25, 0.3) is 0 Å². The number of benzene rings is 2. The first-order chi connectivity index (χ1) is 12.9. The van der Waals surface area contributed by atoms with Crippen LogP contribution < -0.4 is 5.32 Å². The molecule has 0 atom stereocenters. The Morgan fingerprint density at radius 1 is 1.00 bits per heavy atom. The minimum Gasteiger partial charge on any atom is -0.421 e. The largest absolute Gasteiger partial charge is 0.421 e. The Bertz CT molecular complexity index is 925. The number of carbonyl (C=O) groups excluding carboxylic acids is 2. The number of nitrogens with one attached hydrogen (secondary N) is 1. The molecule has 2 aromatic rings. The highest BCUT2D eigenvalue weighted by Crippen LogP contribution is 2.32. The highest BCUT2D eigenvalue weighted by Gasteiger charge is 2.22. The van der Waals surface area contributed by atoms with E-state index in [-0.39, 0.29) is 11.9 Å². The number of aryl methyl sites for hydroxylation is 1. The van der Waals surface area contributed by atoms with Crippen LogP contribution in [-0.2, 0) is 27.2 Å². The van der Waals surface area contributed by atoms with E-state index in [0.29, 0.717) is 22.0 Å². The molecule has 2 aromatic carbocycles. The summed E-state index contributed by atoms with van der Waals surface area (Å²) in [5.74, 6) is 0.0596. The molecule has 0 radical (unpaired) electrons. The summed E-state index contributed by atoms with van der Waals surface area (Å²) in [6, 6.07) is 15.5. The van der Waals surface area contributed by atoms with Crippen molar-refractivity contribution in [2.75, 3.05) is 5.32 Å². The van der Waals surface area contributed by atoms with Gasteiger partial charge in [-0.05, 0) is 62.0 Å². The standard InChI is InChI=1S/C21H17Br2NO3/c1-13-2-4-15(5-3-13)11-18(25)24-17-8-6-14(7-9-17)10-16-12-19(26)27-20(16)21(22)23/h2-9,12H,10-11H2,1H3,(H,24,25). The van der Waals surface area contributed by atoms with Crippen molar-refractivity contribution in [2.24, 2.45) is 0 Å². The minimum atomic E-state index is -0.378. The number of amides is 1. The molecule has 1 aliphatic heterocycles. The third-order valence-electron chi connectivity index (χ3n) is 4.08. The summed E-state index contributed by atoms with van der Waals surface area (Å²) in [5, 5.41) is 2.90. The van der Waals surface area contributed by atoms with Crippen molar-refractivity contribution in [2.45, 2.75) is 19.8 Å². The van der Waals surface area contributed by atoms with Gasteiger partial charge < -0.3 is 10.1 Å². The lowest BCUT2D eigenvalue weighted by Gasteiger charge is -2.08. The van der Waals surface area contributed by atoms with Gasteiger partial charge in [-0.3, -0.25) is 4.79 Å². The molecule has 0 spiro atoms. The second kappa shape index (κ2) is 8.67. The van der Waals surface area contributed by atoms with Gasteiger partial charge in [-0.2, -0.15) is 0 Å². The molecule has 0 fully saturated rings.